The second-order valence-corrected chi connectivity index (χ2v) is 4.75. The normalized spacial score (nSPS) is 28.9. The van der Waals surface area contributed by atoms with Crippen molar-refractivity contribution in [3.8, 4) is 0 Å². The zero-order valence-corrected chi connectivity index (χ0v) is 9.76. The molecule has 0 heterocycles. The fourth-order valence-corrected chi connectivity index (χ4v) is 2.44. The van der Waals surface area contributed by atoms with Crippen LogP contribution in [0, 0.1) is 0 Å². The summed E-state index contributed by atoms with van der Waals surface area (Å²) in [4.78, 5) is 1.37. The smallest absolute Gasteiger partial charge is 0.326 e. The SMILES string of the molecule is CN(CC(F)(F)F)C1CCCCCCC1N. The molecule has 0 bridgehead atoms. The Morgan fingerprint density at radius 1 is 1.12 bits per heavy atom. The van der Waals surface area contributed by atoms with Crippen LogP contribution < -0.4 is 5.73 Å². The summed E-state index contributed by atoms with van der Waals surface area (Å²) in [5.41, 5.74) is 5.96. The number of rotatable bonds is 2. The minimum Gasteiger partial charge on any atom is -0.326 e. The Kier molecular flexibility index (Phi) is 5.05. The Hall–Kier alpha value is -0.290. The lowest BCUT2D eigenvalue weighted by Crippen LogP contribution is -2.49. The molecule has 1 aliphatic carbocycles. The lowest BCUT2D eigenvalue weighted by atomic mass is 9.92. The number of nitrogens with two attached hydrogens (primary N) is 1. The van der Waals surface area contributed by atoms with Crippen LogP contribution in [0.1, 0.15) is 38.5 Å². The highest BCUT2D eigenvalue weighted by Crippen LogP contribution is 2.23. The minimum absolute atomic E-state index is 0.118. The van der Waals surface area contributed by atoms with Gasteiger partial charge < -0.3 is 5.73 Å². The van der Waals surface area contributed by atoms with E-state index in [-0.39, 0.29) is 12.1 Å². The van der Waals surface area contributed by atoms with E-state index in [1.807, 2.05) is 0 Å². The van der Waals surface area contributed by atoms with Crippen LogP contribution in [0.15, 0.2) is 0 Å². The van der Waals surface area contributed by atoms with Crippen LogP contribution in [0.25, 0.3) is 0 Å². The highest BCUT2D eigenvalue weighted by atomic mass is 19.4. The number of nitrogens with zero attached hydrogens (tertiary/aromatic N) is 1. The average molecular weight is 238 g/mol. The molecule has 1 aliphatic rings. The molecule has 0 aliphatic heterocycles. The molecule has 16 heavy (non-hydrogen) atoms. The fraction of sp³-hybridized carbons (Fsp3) is 1.00. The van der Waals surface area contributed by atoms with Gasteiger partial charge in [-0.05, 0) is 19.9 Å². The van der Waals surface area contributed by atoms with Gasteiger partial charge in [0.1, 0.15) is 0 Å². The van der Waals surface area contributed by atoms with Crippen molar-refractivity contribution < 1.29 is 13.2 Å². The van der Waals surface area contributed by atoms with Crippen LogP contribution in [-0.4, -0.2) is 36.8 Å². The van der Waals surface area contributed by atoms with Crippen molar-refractivity contribution in [2.45, 2.75) is 56.8 Å². The minimum atomic E-state index is -4.13. The Balaban J connectivity index is 2.52. The topological polar surface area (TPSA) is 29.3 Å². The summed E-state index contributed by atoms with van der Waals surface area (Å²) in [5, 5.41) is 0. The molecule has 2 nitrogen and oxygen atoms in total. The van der Waals surface area contributed by atoms with Crippen molar-refractivity contribution in [2.24, 2.45) is 5.73 Å². The van der Waals surface area contributed by atoms with E-state index in [1.165, 1.54) is 11.9 Å². The number of hydrogen-bond acceptors (Lipinski definition) is 2. The number of likely N-dealkylation sites (N-methyl/N-ethyl adjacent to an activating group) is 1. The zero-order valence-electron chi connectivity index (χ0n) is 9.76. The molecule has 96 valence electrons. The van der Waals surface area contributed by atoms with Crippen molar-refractivity contribution in [2.75, 3.05) is 13.6 Å². The summed E-state index contributed by atoms with van der Waals surface area (Å²) >= 11 is 0. The van der Waals surface area contributed by atoms with Crippen molar-refractivity contribution in [3.05, 3.63) is 0 Å². The predicted molar refractivity (Wildman–Crippen MR) is 58.2 cm³/mol. The molecule has 0 radical (unpaired) electrons. The van der Waals surface area contributed by atoms with Gasteiger partial charge in [0.15, 0.2) is 0 Å². The largest absolute Gasteiger partial charge is 0.401 e. The third kappa shape index (κ3) is 4.70. The molecule has 1 saturated carbocycles. The second kappa shape index (κ2) is 5.87. The van der Waals surface area contributed by atoms with E-state index in [1.54, 1.807) is 0 Å². The number of halogens is 3. The molecule has 0 saturated heterocycles. The molecule has 2 N–H and O–H groups in total. The Morgan fingerprint density at radius 2 is 1.69 bits per heavy atom. The van der Waals surface area contributed by atoms with Crippen molar-refractivity contribution in [1.82, 2.24) is 4.90 Å². The van der Waals surface area contributed by atoms with Crippen LogP contribution in [0.5, 0.6) is 0 Å². The van der Waals surface area contributed by atoms with Crippen molar-refractivity contribution >= 4 is 0 Å². The highest BCUT2D eigenvalue weighted by Gasteiger charge is 2.33. The van der Waals surface area contributed by atoms with E-state index in [9.17, 15) is 13.2 Å². The first kappa shape index (κ1) is 13.8. The average Bonchev–Trinajstić information content (AvgIpc) is 2.08. The van der Waals surface area contributed by atoms with E-state index < -0.39 is 12.7 Å². The van der Waals surface area contributed by atoms with Crippen LogP contribution in [0.4, 0.5) is 13.2 Å². The van der Waals surface area contributed by atoms with Crippen LogP contribution in [-0.2, 0) is 0 Å². The van der Waals surface area contributed by atoms with Crippen molar-refractivity contribution in [1.29, 1.82) is 0 Å². The first-order valence-electron chi connectivity index (χ1n) is 5.93. The number of hydrogen-bond donors (Lipinski definition) is 1. The van der Waals surface area contributed by atoms with E-state index in [0.29, 0.717) is 0 Å². The maximum Gasteiger partial charge on any atom is 0.401 e. The fourth-order valence-electron chi connectivity index (χ4n) is 2.44. The molecule has 0 spiro atoms. The lowest BCUT2D eigenvalue weighted by molar-refractivity contribution is -0.148. The molecule has 0 aromatic rings. The maximum absolute atomic E-state index is 12.3. The molecular weight excluding hydrogens is 217 g/mol. The van der Waals surface area contributed by atoms with E-state index in [0.717, 1.165) is 38.5 Å². The van der Waals surface area contributed by atoms with Gasteiger partial charge in [0.25, 0.3) is 0 Å². The third-order valence-corrected chi connectivity index (χ3v) is 3.28. The second-order valence-electron chi connectivity index (χ2n) is 4.75. The van der Waals surface area contributed by atoms with Gasteiger partial charge in [-0.1, -0.05) is 25.7 Å². The Labute approximate surface area is 95.0 Å². The molecule has 2 unspecified atom stereocenters. The highest BCUT2D eigenvalue weighted by molar-refractivity contribution is 4.83. The first-order valence-corrected chi connectivity index (χ1v) is 5.93. The summed E-state index contributed by atoms with van der Waals surface area (Å²) in [6, 6.07) is -0.241. The molecule has 5 heteroatoms. The van der Waals surface area contributed by atoms with Gasteiger partial charge in [-0.15, -0.1) is 0 Å². The molecule has 0 aromatic carbocycles. The van der Waals surface area contributed by atoms with Crippen LogP contribution >= 0.6 is 0 Å². The van der Waals surface area contributed by atoms with Crippen LogP contribution in [0.2, 0.25) is 0 Å². The van der Waals surface area contributed by atoms with Gasteiger partial charge in [0.05, 0.1) is 6.54 Å². The molecule has 1 fully saturated rings. The van der Waals surface area contributed by atoms with E-state index >= 15 is 0 Å². The van der Waals surface area contributed by atoms with Gasteiger partial charge in [-0.2, -0.15) is 13.2 Å². The molecular formula is C11H21F3N2. The molecule has 2 atom stereocenters. The summed E-state index contributed by atoms with van der Waals surface area (Å²) < 4.78 is 36.9. The monoisotopic (exact) mass is 238 g/mol. The molecule has 0 aromatic heterocycles. The van der Waals surface area contributed by atoms with Crippen LogP contribution in [0.3, 0.4) is 0 Å². The van der Waals surface area contributed by atoms with Gasteiger partial charge >= 0.3 is 6.18 Å². The first-order chi connectivity index (χ1) is 7.40. The van der Waals surface area contributed by atoms with Gasteiger partial charge in [0, 0.05) is 12.1 Å². The Morgan fingerprint density at radius 3 is 2.25 bits per heavy atom. The maximum atomic E-state index is 12.3. The van der Waals surface area contributed by atoms with E-state index in [2.05, 4.69) is 0 Å². The third-order valence-electron chi connectivity index (χ3n) is 3.28. The summed E-state index contributed by atoms with van der Waals surface area (Å²) in [7, 11) is 1.53. The van der Waals surface area contributed by atoms with Gasteiger partial charge in [-0.3, -0.25) is 4.90 Å². The predicted octanol–water partition coefficient (Wildman–Crippen LogP) is 2.53. The Bertz CT molecular complexity index is 206. The van der Waals surface area contributed by atoms with Gasteiger partial charge in [-0.25, -0.2) is 0 Å². The summed E-state index contributed by atoms with van der Waals surface area (Å²) in [6.45, 7) is -0.856. The quantitative estimate of drug-likeness (QED) is 0.801. The van der Waals surface area contributed by atoms with Crippen molar-refractivity contribution in [3.63, 3.8) is 0 Å². The lowest BCUT2D eigenvalue weighted by Gasteiger charge is -2.34. The number of alkyl halides is 3. The summed E-state index contributed by atoms with van der Waals surface area (Å²) in [6.07, 6.45) is 1.79. The van der Waals surface area contributed by atoms with E-state index in [4.69, 9.17) is 5.73 Å². The molecule has 1 rings (SSSR count). The standard InChI is InChI=1S/C11H21F3N2/c1-16(8-11(12,13)14)10-7-5-3-2-4-6-9(10)15/h9-10H,2-8,15H2,1H3. The van der Waals surface area contributed by atoms with Gasteiger partial charge in [0.2, 0.25) is 0 Å². The zero-order chi connectivity index (χ0) is 12.2. The summed E-state index contributed by atoms with van der Waals surface area (Å²) in [5.74, 6) is 0. The molecule has 0 amide bonds.